The molecule has 0 fully saturated rings. The molecule has 0 unspecified atom stereocenters. The van der Waals surface area contributed by atoms with Gasteiger partial charge >= 0.3 is 0 Å². The van der Waals surface area contributed by atoms with Gasteiger partial charge in [-0.15, -0.1) is 0 Å². The molecule has 1 aromatic rings. The summed E-state index contributed by atoms with van der Waals surface area (Å²) >= 11 is 0. The molecule has 278 valence electrons. The van der Waals surface area contributed by atoms with Crippen molar-refractivity contribution in [2.75, 3.05) is 24.6 Å². The first-order valence-electron chi connectivity index (χ1n) is 20.7. The minimum Gasteiger partial charge on any atom is -0.282 e. The first-order chi connectivity index (χ1) is 22.8. The zero-order valence-electron chi connectivity index (χ0n) is 32.3. The lowest BCUT2D eigenvalue weighted by Gasteiger charge is -2.28. The van der Waals surface area contributed by atoms with E-state index in [4.69, 9.17) is 0 Å². The fourth-order valence-electron chi connectivity index (χ4n) is 6.93. The largest absolute Gasteiger partial charge is 0.294 e. The Hall–Kier alpha value is -0.440. The van der Waals surface area contributed by atoms with E-state index < -0.39 is 17.4 Å². The van der Waals surface area contributed by atoms with Crippen LogP contribution in [0.15, 0.2) is 29.2 Å². The Morgan fingerprint density at radius 2 is 0.745 bits per heavy atom. The molecule has 1 aromatic carbocycles. The Morgan fingerprint density at radius 1 is 0.447 bits per heavy atom. The van der Waals surface area contributed by atoms with Crippen molar-refractivity contribution in [2.24, 2.45) is 0 Å². The van der Waals surface area contributed by atoms with E-state index in [-0.39, 0.29) is 4.90 Å². The van der Waals surface area contributed by atoms with Crippen LogP contribution in [0.25, 0.3) is 0 Å². The minimum absolute atomic E-state index is 0.0610. The number of benzene rings is 1. The quantitative estimate of drug-likeness (QED) is 0.0463. The summed E-state index contributed by atoms with van der Waals surface area (Å²) in [5.41, 5.74) is 0.726. The summed E-state index contributed by atoms with van der Waals surface area (Å²) in [6.07, 6.45) is 43.4. The van der Waals surface area contributed by atoms with E-state index in [0.717, 1.165) is 18.4 Å². The third-order valence-corrected chi connectivity index (χ3v) is 16.0. The van der Waals surface area contributed by atoms with Crippen LogP contribution in [-0.2, 0) is 16.5 Å². The second-order valence-corrected chi connectivity index (χ2v) is 20.4. The SMILES string of the molecule is CCCCCCCCCCCCc1ccccc1S(=O)(=O)O.CCCCCC[P+](CCCCCC)(CCCCCC)CCCCCC. The van der Waals surface area contributed by atoms with Gasteiger partial charge in [-0.05, 0) is 75.8 Å². The van der Waals surface area contributed by atoms with Crippen molar-refractivity contribution in [1.82, 2.24) is 0 Å². The molecule has 3 nitrogen and oxygen atoms in total. The third kappa shape index (κ3) is 27.0. The van der Waals surface area contributed by atoms with E-state index in [1.54, 1.807) is 36.8 Å². The maximum atomic E-state index is 11.3. The number of hydrogen-bond acceptors (Lipinski definition) is 2. The maximum Gasteiger partial charge on any atom is 0.294 e. The summed E-state index contributed by atoms with van der Waals surface area (Å²) in [7, 11) is -4.75. The van der Waals surface area contributed by atoms with Crippen LogP contribution in [0.1, 0.15) is 207 Å². The number of rotatable bonds is 32. The zero-order chi connectivity index (χ0) is 34.9. The van der Waals surface area contributed by atoms with E-state index in [2.05, 4.69) is 34.6 Å². The van der Waals surface area contributed by atoms with Crippen molar-refractivity contribution in [3.05, 3.63) is 29.8 Å². The number of unbranched alkanes of at least 4 members (excludes halogenated alkanes) is 21. The molecule has 5 heteroatoms. The average Bonchev–Trinajstić information content (AvgIpc) is 3.06. The van der Waals surface area contributed by atoms with Crippen LogP contribution >= 0.6 is 7.26 Å². The van der Waals surface area contributed by atoms with Gasteiger partial charge in [0.05, 0.1) is 29.5 Å². The van der Waals surface area contributed by atoms with Crippen molar-refractivity contribution < 1.29 is 13.0 Å². The van der Waals surface area contributed by atoms with Gasteiger partial charge < -0.3 is 0 Å². The smallest absolute Gasteiger partial charge is 0.282 e. The molecule has 1 rings (SSSR count). The lowest BCUT2D eigenvalue weighted by molar-refractivity contribution is 0.481. The van der Waals surface area contributed by atoms with Gasteiger partial charge in [-0.1, -0.05) is 162 Å². The monoisotopic (exact) mass is 698 g/mol. The lowest BCUT2D eigenvalue weighted by atomic mass is 10.0. The van der Waals surface area contributed by atoms with Crippen LogP contribution in [0.4, 0.5) is 0 Å². The lowest BCUT2D eigenvalue weighted by Crippen LogP contribution is -2.13. The van der Waals surface area contributed by atoms with Gasteiger partial charge in [0, 0.05) is 7.26 Å². The van der Waals surface area contributed by atoms with Crippen molar-refractivity contribution >= 4 is 17.4 Å². The Bertz CT molecular complexity index is 847. The highest BCUT2D eigenvalue weighted by Crippen LogP contribution is 2.61. The highest BCUT2D eigenvalue weighted by atomic mass is 32.2. The van der Waals surface area contributed by atoms with Gasteiger partial charge in [0.1, 0.15) is 0 Å². The number of aryl methyl sites for hydroxylation is 1. The van der Waals surface area contributed by atoms with Crippen LogP contribution in [0.2, 0.25) is 0 Å². The van der Waals surface area contributed by atoms with Crippen molar-refractivity contribution in [1.29, 1.82) is 0 Å². The van der Waals surface area contributed by atoms with Gasteiger partial charge in [-0.2, -0.15) is 8.42 Å². The number of hydrogen-bond donors (Lipinski definition) is 1. The molecule has 1 N–H and O–H groups in total. The predicted molar refractivity (Wildman–Crippen MR) is 215 cm³/mol. The van der Waals surface area contributed by atoms with E-state index in [1.807, 2.05) is 6.07 Å². The first kappa shape index (κ1) is 46.6. The second-order valence-electron chi connectivity index (χ2n) is 14.5. The van der Waals surface area contributed by atoms with Gasteiger partial charge in [-0.3, -0.25) is 4.55 Å². The Kier molecular flexibility index (Phi) is 32.4. The molecule has 0 spiro atoms. The summed E-state index contributed by atoms with van der Waals surface area (Å²) < 4.78 is 31.8. The Labute approximate surface area is 296 Å². The molecule has 0 saturated heterocycles. The maximum absolute atomic E-state index is 11.3. The van der Waals surface area contributed by atoms with Crippen molar-refractivity contribution in [3.63, 3.8) is 0 Å². The standard InChI is InChI=1S/C24H52P.C18H30O3S/c1-5-9-13-17-21-25(22-18-14-10-6-2,23-19-15-11-7-3)24-20-16-12-8-4;1-2-3-4-5-6-7-8-9-10-11-14-17-15-12-13-16-18(17)22(19,20)21/h5-24H2,1-4H3;12-13,15-16H,2-11,14H2,1H3,(H,19,20,21)/q+1;. The average molecular weight is 698 g/mol. The van der Waals surface area contributed by atoms with E-state index in [1.165, 1.54) is 160 Å². The molecule has 0 heterocycles. The highest BCUT2D eigenvalue weighted by Gasteiger charge is 2.34. The van der Waals surface area contributed by atoms with Gasteiger partial charge in [0.15, 0.2) is 0 Å². The fraction of sp³-hybridized carbons (Fsp3) is 0.857. The summed E-state index contributed by atoms with van der Waals surface area (Å²) in [5.74, 6) is 0. The summed E-state index contributed by atoms with van der Waals surface area (Å²) in [6, 6.07) is 6.73. The van der Waals surface area contributed by atoms with Crippen molar-refractivity contribution in [2.45, 2.75) is 213 Å². The van der Waals surface area contributed by atoms with Crippen molar-refractivity contribution in [3.8, 4) is 0 Å². The van der Waals surface area contributed by atoms with Gasteiger partial charge in [-0.25, -0.2) is 0 Å². The molecule has 0 aliphatic heterocycles. The summed E-state index contributed by atoms with van der Waals surface area (Å²) in [4.78, 5) is 0.0610. The first-order valence-corrected chi connectivity index (χ1v) is 24.7. The molecule has 0 atom stereocenters. The molecule has 0 aromatic heterocycles. The Morgan fingerprint density at radius 3 is 1.09 bits per heavy atom. The van der Waals surface area contributed by atoms with E-state index in [9.17, 15) is 13.0 Å². The molecule has 0 saturated carbocycles. The Balaban J connectivity index is 0.000000907. The minimum atomic E-state index is -4.10. The molecule has 47 heavy (non-hydrogen) atoms. The summed E-state index contributed by atoms with van der Waals surface area (Å²) in [5, 5.41) is 0. The molecule has 0 aliphatic carbocycles. The van der Waals surface area contributed by atoms with Crippen LogP contribution in [0.3, 0.4) is 0 Å². The second kappa shape index (κ2) is 32.7. The zero-order valence-corrected chi connectivity index (χ0v) is 34.1. The summed E-state index contributed by atoms with van der Waals surface area (Å²) in [6.45, 7) is 11.6. The molecule has 0 bridgehead atoms. The molecular weight excluding hydrogens is 616 g/mol. The van der Waals surface area contributed by atoms with Crippen LogP contribution in [0, 0.1) is 0 Å². The topological polar surface area (TPSA) is 54.4 Å². The molecule has 0 amide bonds. The van der Waals surface area contributed by atoms with Crippen LogP contribution in [0.5, 0.6) is 0 Å². The fourth-order valence-corrected chi connectivity index (χ4v) is 12.6. The molecule has 0 radical (unpaired) electrons. The van der Waals surface area contributed by atoms with E-state index in [0.29, 0.717) is 6.42 Å². The third-order valence-electron chi connectivity index (χ3n) is 9.99. The normalized spacial score (nSPS) is 11.9. The van der Waals surface area contributed by atoms with E-state index >= 15 is 0 Å². The predicted octanol–water partition coefficient (Wildman–Crippen LogP) is 14.7. The molecular formula is C42H82O3PS+. The van der Waals surface area contributed by atoms with Crippen LogP contribution < -0.4 is 0 Å². The van der Waals surface area contributed by atoms with Gasteiger partial charge in [0.25, 0.3) is 10.1 Å². The molecule has 0 aliphatic rings. The van der Waals surface area contributed by atoms with Gasteiger partial charge in [0.2, 0.25) is 0 Å². The highest BCUT2D eigenvalue weighted by molar-refractivity contribution is 7.85. The van der Waals surface area contributed by atoms with Crippen LogP contribution in [-0.4, -0.2) is 37.6 Å².